The second-order valence-corrected chi connectivity index (χ2v) is 5.80. The van der Waals surface area contributed by atoms with Gasteiger partial charge in [-0.3, -0.25) is 0 Å². The van der Waals surface area contributed by atoms with Crippen molar-refractivity contribution in [3.8, 4) is 0 Å². The second kappa shape index (κ2) is 6.53. The van der Waals surface area contributed by atoms with E-state index in [-0.39, 0.29) is 17.0 Å². The van der Waals surface area contributed by atoms with Gasteiger partial charge >= 0.3 is 6.03 Å². The van der Waals surface area contributed by atoms with E-state index in [0.29, 0.717) is 6.54 Å². The normalized spacial score (nSPS) is 12.8. The van der Waals surface area contributed by atoms with Gasteiger partial charge in [-0.15, -0.1) is 0 Å². The van der Waals surface area contributed by atoms with Crippen molar-refractivity contribution in [3.05, 3.63) is 29.8 Å². The number of hydrogen-bond acceptors (Lipinski definition) is 3. The molecular weight excluding hydrogens is 266 g/mol. The Morgan fingerprint density at radius 3 is 2.37 bits per heavy atom. The number of carbonyl (C=O) groups excluding carboxylic acids is 1. The number of nitrogens with one attached hydrogen (secondary N) is 2. The Hall–Kier alpha value is -1.60. The minimum absolute atomic E-state index is 0.0545. The molecule has 0 saturated heterocycles. The topological polar surface area (TPSA) is 101 Å². The van der Waals surface area contributed by atoms with Crippen molar-refractivity contribution in [2.24, 2.45) is 5.14 Å². The van der Waals surface area contributed by atoms with Gasteiger partial charge in [0.25, 0.3) is 0 Å². The molecule has 0 bridgehead atoms. The van der Waals surface area contributed by atoms with Gasteiger partial charge in [-0.25, -0.2) is 18.4 Å². The number of rotatable bonds is 5. The molecule has 4 N–H and O–H groups in total. The summed E-state index contributed by atoms with van der Waals surface area (Å²) in [4.78, 5) is 11.5. The van der Waals surface area contributed by atoms with Crippen LogP contribution in [0.5, 0.6) is 0 Å². The minimum atomic E-state index is -3.68. The molecular formula is C12H19N3O3S. The summed E-state index contributed by atoms with van der Waals surface area (Å²) in [7, 11) is -3.68. The van der Waals surface area contributed by atoms with Crippen LogP contribution in [0.2, 0.25) is 0 Å². The van der Waals surface area contributed by atoms with Gasteiger partial charge in [0, 0.05) is 6.54 Å². The van der Waals surface area contributed by atoms with Crippen LogP contribution in [0.4, 0.5) is 4.79 Å². The lowest BCUT2D eigenvalue weighted by Crippen LogP contribution is -2.37. The lowest BCUT2D eigenvalue weighted by molar-refractivity contribution is 0.238. The second-order valence-electron chi connectivity index (χ2n) is 4.24. The molecule has 0 spiro atoms. The zero-order valence-electron chi connectivity index (χ0n) is 11.0. The third-order valence-electron chi connectivity index (χ3n) is 2.59. The first-order valence-electron chi connectivity index (χ1n) is 6.01. The predicted octanol–water partition coefficient (Wildman–Crippen LogP) is 1.10. The Labute approximate surface area is 113 Å². The molecule has 0 saturated carbocycles. The Morgan fingerprint density at radius 2 is 1.89 bits per heavy atom. The molecule has 0 aliphatic rings. The van der Waals surface area contributed by atoms with E-state index in [1.807, 2.05) is 13.8 Å². The average Bonchev–Trinajstić information content (AvgIpc) is 2.35. The molecule has 0 aliphatic carbocycles. The van der Waals surface area contributed by atoms with Gasteiger partial charge in [0.1, 0.15) is 0 Å². The van der Waals surface area contributed by atoms with Crippen molar-refractivity contribution in [1.29, 1.82) is 0 Å². The van der Waals surface area contributed by atoms with E-state index in [1.165, 1.54) is 12.1 Å². The largest absolute Gasteiger partial charge is 0.338 e. The van der Waals surface area contributed by atoms with E-state index in [0.717, 1.165) is 12.0 Å². The molecule has 0 radical (unpaired) electrons. The van der Waals surface area contributed by atoms with Gasteiger partial charge in [-0.1, -0.05) is 19.1 Å². The van der Waals surface area contributed by atoms with Gasteiger partial charge in [-0.2, -0.15) is 0 Å². The first-order chi connectivity index (χ1) is 8.84. The van der Waals surface area contributed by atoms with Crippen molar-refractivity contribution >= 4 is 16.1 Å². The van der Waals surface area contributed by atoms with Gasteiger partial charge in [0.05, 0.1) is 10.9 Å². The van der Waals surface area contributed by atoms with E-state index in [1.54, 1.807) is 12.1 Å². The number of hydrogen-bond donors (Lipinski definition) is 3. The summed E-state index contributed by atoms with van der Waals surface area (Å²) in [6.07, 6.45) is 0.866. The zero-order valence-corrected chi connectivity index (χ0v) is 11.8. The Bertz CT molecular complexity index is 526. The molecule has 1 aromatic rings. The summed E-state index contributed by atoms with van der Waals surface area (Å²) in [5.41, 5.74) is 0.805. The number of benzene rings is 1. The standard InChI is InChI=1S/C12H19N3O3S/c1-3-8-14-12(16)15-9(2)10-4-6-11(7-5-10)19(13,17)18/h4-7,9H,3,8H2,1-2H3,(H2,13,17,18)(H2,14,15,16). The quantitative estimate of drug-likeness (QED) is 0.755. The molecule has 1 aromatic carbocycles. The summed E-state index contributed by atoms with van der Waals surface area (Å²) in [6.45, 7) is 4.40. The third kappa shape index (κ3) is 4.88. The van der Waals surface area contributed by atoms with E-state index in [2.05, 4.69) is 10.6 Å². The summed E-state index contributed by atoms with van der Waals surface area (Å²) >= 11 is 0. The minimum Gasteiger partial charge on any atom is -0.338 e. The number of urea groups is 1. The molecule has 6 nitrogen and oxygen atoms in total. The molecule has 0 aromatic heterocycles. The maximum atomic E-state index is 11.5. The maximum Gasteiger partial charge on any atom is 0.315 e. The number of amides is 2. The highest BCUT2D eigenvalue weighted by Gasteiger charge is 2.11. The summed E-state index contributed by atoms with van der Waals surface area (Å²) in [5.74, 6) is 0. The van der Waals surface area contributed by atoms with E-state index >= 15 is 0 Å². The monoisotopic (exact) mass is 285 g/mol. The number of nitrogens with two attached hydrogens (primary N) is 1. The van der Waals surface area contributed by atoms with E-state index in [4.69, 9.17) is 5.14 Å². The van der Waals surface area contributed by atoms with Crippen molar-refractivity contribution in [2.75, 3.05) is 6.54 Å². The van der Waals surface area contributed by atoms with Crippen LogP contribution >= 0.6 is 0 Å². The summed E-state index contributed by atoms with van der Waals surface area (Å²) < 4.78 is 22.2. The average molecular weight is 285 g/mol. The van der Waals surface area contributed by atoms with Crippen molar-refractivity contribution in [2.45, 2.75) is 31.2 Å². The maximum absolute atomic E-state index is 11.5. The van der Waals surface area contributed by atoms with Crippen LogP contribution in [0, 0.1) is 0 Å². The Morgan fingerprint density at radius 1 is 1.32 bits per heavy atom. The van der Waals surface area contributed by atoms with Gasteiger partial charge in [0.15, 0.2) is 0 Å². The lowest BCUT2D eigenvalue weighted by Gasteiger charge is -2.15. The fourth-order valence-electron chi connectivity index (χ4n) is 1.52. The van der Waals surface area contributed by atoms with E-state index < -0.39 is 10.0 Å². The molecule has 2 amide bonds. The number of primary sulfonamides is 1. The van der Waals surface area contributed by atoms with Crippen LogP contribution in [-0.2, 0) is 10.0 Å². The van der Waals surface area contributed by atoms with Gasteiger partial charge in [-0.05, 0) is 31.0 Å². The van der Waals surface area contributed by atoms with Crippen LogP contribution in [0.1, 0.15) is 31.9 Å². The molecule has 0 heterocycles. The predicted molar refractivity (Wildman–Crippen MR) is 73.1 cm³/mol. The Balaban J connectivity index is 2.68. The molecule has 19 heavy (non-hydrogen) atoms. The molecule has 0 aliphatic heterocycles. The summed E-state index contributed by atoms with van der Waals surface area (Å²) in [6, 6.07) is 5.64. The first kappa shape index (κ1) is 15.5. The van der Waals surface area contributed by atoms with Crippen LogP contribution in [0.15, 0.2) is 29.2 Å². The molecule has 0 fully saturated rings. The molecule has 1 rings (SSSR count). The highest BCUT2D eigenvalue weighted by molar-refractivity contribution is 7.89. The first-order valence-corrected chi connectivity index (χ1v) is 7.56. The fourth-order valence-corrected chi connectivity index (χ4v) is 2.03. The van der Waals surface area contributed by atoms with Crippen molar-refractivity contribution in [3.63, 3.8) is 0 Å². The van der Waals surface area contributed by atoms with Crippen LogP contribution < -0.4 is 15.8 Å². The summed E-state index contributed by atoms with van der Waals surface area (Å²) in [5, 5.41) is 10.5. The highest BCUT2D eigenvalue weighted by atomic mass is 32.2. The number of carbonyl (C=O) groups is 1. The van der Waals surface area contributed by atoms with Crippen LogP contribution in [-0.4, -0.2) is 21.0 Å². The number of sulfonamides is 1. The van der Waals surface area contributed by atoms with Crippen molar-refractivity contribution in [1.82, 2.24) is 10.6 Å². The lowest BCUT2D eigenvalue weighted by atomic mass is 10.1. The van der Waals surface area contributed by atoms with Crippen molar-refractivity contribution < 1.29 is 13.2 Å². The smallest absolute Gasteiger partial charge is 0.315 e. The molecule has 106 valence electrons. The zero-order chi connectivity index (χ0) is 14.5. The van der Waals surface area contributed by atoms with E-state index in [9.17, 15) is 13.2 Å². The SMILES string of the molecule is CCCNC(=O)NC(C)c1ccc(S(N)(=O)=O)cc1. The molecule has 1 atom stereocenters. The van der Waals surface area contributed by atoms with Gasteiger partial charge < -0.3 is 10.6 Å². The Kier molecular flexibility index (Phi) is 5.31. The molecule has 1 unspecified atom stereocenters. The van der Waals surface area contributed by atoms with Gasteiger partial charge in [0.2, 0.25) is 10.0 Å². The van der Waals surface area contributed by atoms with Crippen LogP contribution in [0.3, 0.4) is 0 Å². The van der Waals surface area contributed by atoms with Crippen LogP contribution in [0.25, 0.3) is 0 Å². The highest BCUT2D eigenvalue weighted by Crippen LogP contribution is 2.15. The molecule has 7 heteroatoms. The fraction of sp³-hybridized carbons (Fsp3) is 0.417. The third-order valence-corrected chi connectivity index (χ3v) is 3.52.